The van der Waals surface area contributed by atoms with Gasteiger partial charge in [0.15, 0.2) is 0 Å². The van der Waals surface area contributed by atoms with Crippen LogP contribution in [0, 0.1) is 11.8 Å². The Bertz CT molecular complexity index is 190. The van der Waals surface area contributed by atoms with Crippen molar-refractivity contribution in [2.24, 2.45) is 11.8 Å². The van der Waals surface area contributed by atoms with Crippen LogP contribution in [-0.4, -0.2) is 5.66 Å². The summed E-state index contributed by atoms with van der Waals surface area (Å²) in [5.41, 5.74) is 0.861. The Kier molecular flexibility index (Phi) is 14.7. The monoisotopic (exact) mass is 300 g/mol. The zero-order chi connectivity index (χ0) is 15.2. The van der Waals surface area contributed by atoms with E-state index in [4.69, 9.17) is 0 Å². The fourth-order valence-corrected chi connectivity index (χ4v) is 4.27. The maximum Gasteiger partial charge on any atom is -0.0233 e. The average molecular weight is 301 g/mol. The Morgan fingerprint density at radius 1 is 0.650 bits per heavy atom. The highest BCUT2D eigenvalue weighted by Gasteiger charge is 2.24. The van der Waals surface area contributed by atoms with E-state index in [0.717, 1.165) is 17.5 Å². The summed E-state index contributed by atoms with van der Waals surface area (Å²) < 4.78 is 0. The van der Waals surface area contributed by atoms with E-state index >= 15 is 0 Å². The second kappa shape index (κ2) is 14.4. The third-order valence-corrected chi connectivity index (χ3v) is 5.70. The lowest BCUT2D eigenvalue weighted by molar-refractivity contribution is 0.262. The first kappa shape index (κ1) is 20.4. The predicted octanol–water partition coefficient (Wildman–Crippen LogP) is 7.22. The summed E-state index contributed by atoms with van der Waals surface area (Å²) >= 11 is 0. The summed E-state index contributed by atoms with van der Waals surface area (Å²) in [6, 6.07) is 0. The summed E-state index contributed by atoms with van der Waals surface area (Å²) in [5, 5.41) is 0. The highest BCUT2D eigenvalue weighted by Crippen LogP contribution is 2.35. The lowest BCUT2D eigenvalue weighted by Gasteiger charge is -2.31. The van der Waals surface area contributed by atoms with Crippen LogP contribution >= 0.6 is 9.24 Å². The molecule has 0 rings (SSSR count). The van der Waals surface area contributed by atoms with Crippen molar-refractivity contribution in [3.8, 4) is 0 Å². The summed E-state index contributed by atoms with van der Waals surface area (Å²) in [5.74, 6) is 1.92. The van der Waals surface area contributed by atoms with E-state index in [9.17, 15) is 0 Å². The number of unbranched alkanes of at least 4 members (excludes halogenated alkanes) is 5. The molecule has 0 aliphatic carbocycles. The largest absolute Gasteiger partial charge is 0.134 e. The first-order valence-corrected chi connectivity index (χ1v) is 10.1. The predicted molar refractivity (Wildman–Crippen MR) is 98.6 cm³/mol. The SMILES string of the molecule is CCCCCCCC(P)C(CCCC)C(CC)CCC. The van der Waals surface area contributed by atoms with Gasteiger partial charge in [-0.15, -0.1) is 9.24 Å². The first-order valence-electron chi connectivity index (χ1n) is 9.46. The molecule has 4 atom stereocenters. The minimum atomic E-state index is 0.861. The molecule has 0 amide bonds. The van der Waals surface area contributed by atoms with Crippen molar-refractivity contribution in [2.75, 3.05) is 0 Å². The van der Waals surface area contributed by atoms with Gasteiger partial charge >= 0.3 is 0 Å². The van der Waals surface area contributed by atoms with Crippen LogP contribution in [0.1, 0.15) is 105 Å². The molecule has 0 fully saturated rings. The Hall–Kier alpha value is 0.430. The maximum atomic E-state index is 3.21. The molecular weight excluding hydrogens is 259 g/mol. The van der Waals surface area contributed by atoms with Gasteiger partial charge in [-0.25, -0.2) is 0 Å². The van der Waals surface area contributed by atoms with Gasteiger partial charge < -0.3 is 0 Å². The molecule has 0 aliphatic heterocycles. The minimum Gasteiger partial charge on any atom is -0.134 e. The zero-order valence-electron chi connectivity index (χ0n) is 14.8. The standard InChI is InChI=1S/C19H41P/c1-5-9-11-12-13-16-19(20)18(15-10-6-2)17(8-4)14-7-3/h17-19H,5-16,20H2,1-4H3. The van der Waals surface area contributed by atoms with Gasteiger partial charge in [0.2, 0.25) is 0 Å². The molecule has 0 bridgehead atoms. The summed E-state index contributed by atoms with van der Waals surface area (Å²) in [6.07, 6.45) is 17.0. The van der Waals surface area contributed by atoms with Crippen LogP contribution in [0.2, 0.25) is 0 Å². The Morgan fingerprint density at radius 3 is 1.85 bits per heavy atom. The van der Waals surface area contributed by atoms with Gasteiger partial charge in [-0.2, -0.15) is 0 Å². The van der Waals surface area contributed by atoms with Crippen molar-refractivity contribution in [3.05, 3.63) is 0 Å². The molecule has 0 saturated carbocycles. The smallest absolute Gasteiger partial charge is 0.0233 e. The van der Waals surface area contributed by atoms with Crippen LogP contribution in [0.5, 0.6) is 0 Å². The van der Waals surface area contributed by atoms with Crippen molar-refractivity contribution in [2.45, 2.75) is 110 Å². The number of hydrogen-bond donors (Lipinski definition) is 0. The van der Waals surface area contributed by atoms with Crippen LogP contribution in [0.15, 0.2) is 0 Å². The van der Waals surface area contributed by atoms with E-state index in [0.29, 0.717) is 0 Å². The maximum absolute atomic E-state index is 3.21. The van der Waals surface area contributed by atoms with Crippen molar-refractivity contribution in [1.82, 2.24) is 0 Å². The fraction of sp³-hybridized carbons (Fsp3) is 1.00. The molecule has 0 spiro atoms. The molecule has 0 aromatic rings. The summed E-state index contributed by atoms with van der Waals surface area (Å²) in [4.78, 5) is 0. The third-order valence-electron chi connectivity index (χ3n) is 4.87. The van der Waals surface area contributed by atoms with Gasteiger partial charge in [0, 0.05) is 0 Å². The van der Waals surface area contributed by atoms with Gasteiger partial charge in [-0.05, 0) is 30.3 Å². The van der Waals surface area contributed by atoms with Crippen LogP contribution in [0.25, 0.3) is 0 Å². The quantitative estimate of drug-likeness (QED) is 0.234. The minimum absolute atomic E-state index is 0.861. The van der Waals surface area contributed by atoms with Gasteiger partial charge in [0.05, 0.1) is 0 Å². The Morgan fingerprint density at radius 2 is 1.30 bits per heavy atom. The lowest BCUT2D eigenvalue weighted by atomic mass is 9.79. The zero-order valence-corrected chi connectivity index (χ0v) is 15.9. The fourth-order valence-electron chi connectivity index (χ4n) is 3.53. The molecule has 1 heteroatoms. The molecule has 0 saturated heterocycles. The third kappa shape index (κ3) is 9.38. The van der Waals surface area contributed by atoms with Crippen LogP contribution in [-0.2, 0) is 0 Å². The Balaban J connectivity index is 4.20. The number of rotatable bonds is 14. The highest BCUT2D eigenvalue weighted by molar-refractivity contribution is 7.17. The van der Waals surface area contributed by atoms with Crippen molar-refractivity contribution in [3.63, 3.8) is 0 Å². The van der Waals surface area contributed by atoms with E-state index in [-0.39, 0.29) is 0 Å². The Labute approximate surface area is 132 Å². The summed E-state index contributed by atoms with van der Waals surface area (Å²) in [7, 11) is 3.21. The molecule has 4 unspecified atom stereocenters. The van der Waals surface area contributed by atoms with Gasteiger partial charge in [0.25, 0.3) is 0 Å². The van der Waals surface area contributed by atoms with Gasteiger partial charge in [-0.3, -0.25) is 0 Å². The molecule has 20 heavy (non-hydrogen) atoms. The second-order valence-corrected chi connectivity index (χ2v) is 7.49. The normalized spacial score (nSPS) is 16.1. The average Bonchev–Trinajstić information content (AvgIpc) is 2.46. The molecule has 0 aromatic heterocycles. The molecule has 0 heterocycles. The van der Waals surface area contributed by atoms with Crippen molar-refractivity contribution >= 4 is 9.24 Å². The molecule has 122 valence electrons. The highest BCUT2D eigenvalue weighted by atomic mass is 31.0. The molecular formula is C19H41P. The van der Waals surface area contributed by atoms with Crippen molar-refractivity contribution in [1.29, 1.82) is 0 Å². The van der Waals surface area contributed by atoms with Crippen molar-refractivity contribution < 1.29 is 0 Å². The van der Waals surface area contributed by atoms with Crippen LogP contribution < -0.4 is 0 Å². The van der Waals surface area contributed by atoms with E-state index in [1.54, 1.807) is 0 Å². The van der Waals surface area contributed by atoms with E-state index in [2.05, 4.69) is 36.9 Å². The van der Waals surface area contributed by atoms with Crippen LogP contribution in [0.3, 0.4) is 0 Å². The molecule has 0 N–H and O–H groups in total. The molecule has 0 aliphatic rings. The van der Waals surface area contributed by atoms with E-state index in [1.807, 2.05) is 0 Å². The van der Waals surface area contributed by atoms with Crippen LogP contribution in [0.4, 0.5) is 0 Å². The first-order chi connectivity index (χ1) is 9.71. The molecule has 0 nitrogen and oxygen atoms in total. The summed E-state index contributed by atoms with van der Waals surface area (Å²) in [6.45, 7) is 9.39. The van der Waals surface area contributed by atoms with E-state index in [1.165, 1.54) is 77.0 Å². The van der Waals surface area contributed by atoms with Gasteiger partial charge in [-0.1, -0.05) is 91.9 Å². The lowest BCUT2D eigenvalue weighted by Crippen LogP contribution is -2.24. The van der Waals surface area contributed by atoms with E-state index < -0.39 is 0 Å². The topological polar surface area (TPSA) is 0 Å². The van der Waals surface area contributed by atoms with Gasteiger partial charge in [0.1, 0.15) is 0 Å². The molecule has 0 aromatic carbocycles. The second-order valence-electron chi connectivity index (χ2n) is 6.63. The molecule has 0 radical (unpaired) electrons. The number of hydrogen-bond acceptors (Lipinski definition) is 0.